The first kappa shape index (κ1) is 18.7. The number of aliphatic hydroxyl groups excluding tert-OH is 3. The lowest BCUT2D eigenvalue weighted by Crippen LogP contribution is -2.51. The highest BCUT2D eigenvalue weighted by Gasteiger charge is 2.56. The fourth-order valence-electron chi connectivity index (χ4n) is 5.03. The number of carbonyl (C=O) groups excluding carboxylic acids is 2. The summed E-state index contributed by atoms with van der Waals surface area (Å²) < 4.78 is 5.30. The van der Waals surface area contributed by atoms with E-state index in [1.807, 2.05) is 0 Å². The van der Waals surface area contributed by atoms with E-state index in [0.717, 1.165) is 0 Å². The third-order valence-electron chi connectivity index (χ3n) is 6.49. The van der Waals surface area contributed by atoms with Crippen molar-refractivity contribution in [2.75, 3.05) is 13.7 Å². The Morgan fingerprint density at radius 2 is 1.82 bits per heavy atom. The van der Waals surface area contributed by atoms with Crippen LogP contribution in [0.2, 0.25) is 0 Å². The van der Waals surface area contributed by atoms with E-state index in [0.29, 0.717) is 29.7 Å². The van der Waals surface area contributed by atoms with Gasteiger partial charge >= 0.3 is 0 Å². The predicted molar refractivity (Wildman–Crippen MR) is 99.7 cm³/mol. The maximum absolute atomic E-state index is 13.3. The third-order valence-corrected chi connectivity index (χ3v) is 6.49. The molecule has 0 aromatic heterocycles. The highest BCUT2D eigenvalue weighted by atomic mass is 16.5. The van der Waals surface area contributed by atoms with Gasteiger partial charge in [-0.3, -0.25) is 9.59 Å². The Morgan fingerprint density at radius 3 is 2.50 bits per heavy atom. The fourth-order valence-corrected chi connectivity index (χ4v) is 5.03. The summed E-state index contributed by atoms with van der Waals surface area (Å²) in [6.07, 6.45) is 6.13. The number of ether oxygens (including phenoxy) is 1. The molecule has 4 aliphatic carbocycles. The number of allylic oxidation sites excluding steroid dienone is 8. The molecule has 0 amide bonds. The van der Waals surface area contributed by atoms with Crippen molar-refractivity contribution in [3.63, 3.8) is 0 Å². The Kier molecular flexibility index (Phi) is 4.50. The predicted octanol–water partition coefficient (Wildman–Crippen LogP) is 2.15. The number of fused-ring (bicyclic) bond motifs is 3. The van der Waals surface area contributed by atoms with Crippen LogP contribution in [0, 0.1) is 35.0 Å². The van der Waals surface area contributed by atoms with Gasteiger partial charge in [0.15, 0.2) is 11.6 Å². The lowest BCUT2D eigenvalue weighted by Gasteiger charge is -2.43. The number of methoxy groups -OCH3 is 1. The van der Waals surface area contributed by atoms with E-state index in [9.17, 15) is 24.9 Å². The molecule has 0 radical (unpaired) electrons. The number of hydrogen-bond donors (Lipinski definition) is 4. The molecule has 5 unspecified atom stereocenters. The van der Waals surface area contributed by atoms with E-state index >= 15 is 0 Å². The summed E-state index contributed by atoms with van der Waals surface area (Å²) in [5, 5.41) is 39.0. The summed E-state index contributed by atoms with van der Waals surface area (Å²) in [7, 11) is 1.44. The number of nitrogens with one attached hydrogen (secondary N) is 1. The van der Waals surface area contributed by atoms with Crippen LogP contribution in [0.5, 0.6) is 0 Å². The zero-order valence-corrected chi connectivity index (χ0v) is 15.5. The number of Topliss-reactive ketones (excluding diaryl/α,β-unsaturated/α-hetero) is 2. The molecule has 0 aromatic carbocycles. The molecule has 148 valence electrons. The van der Waals surface area contributed by atoms with Crippen LogP contribution >= 0.6 is 0 Å². The highest BCUT2D eigenvalue weighted by Crippen LogP contribution is 2.51. The van der Waals surface area contributed by atoms with Crippen molar-refractivity contribution in [2.24, 2.45) is 29.6 Å². The minimum absolute atomic E-state index is 0.145. The van der Waals surface area contributed by atoms with Crippen molar-refractivity contribution >= 4 is 17.3 Å². The maximum Gasteiger partial charge on any atom is 0.156 e. The molecule has 4 N–H and O–H groups in total. The van der Waals surface area contributed by atoms with Gasteiger partial charge in [-0.1, -0.05) is 12.2 Å². The topological polar surface area (TPSA) is 128 Å². The number of ketones is 2. The Morgan fingerprint density at radius 1 is 1.14 bits per heavy atom. The molecule has 0 aliphatic heterocycles. The van der Waals surface area contributed by atoms with Crippen LogP contribution in [-0.4, -0.2) is 46.3 Å². The summed E-state index contributed by atoms with van der Waals surface area (Å²) in [5.41, 5.74) is 1.10. The average molecular weight is 385 g/mol. The van der Waals surface area contributed by atoms with Crippen molar-refractivity contribution in [1.82, 2.24) is 0 Å². The molecule has 0 bridgehead atoms. The Bertz CT molecular complexity index is 893. The molecule has 0 saturated heterocycles. The molecule has 4 aliphatic rings. The average Bonchev–Trinajstić information content (AvgIpc) is 2.72. The lowest BCUT2D eigenvalue weighted by molar-refractivity contribution is -0.145. The Balaban J connectivity index is 1.78. The molecule has 2 fully saturated rings. The van der Waals surface area contributed by atoms with Crippen molar-refractivity contribution < 1.29 is 29.6 Å². The van der Waals surface area contributed by atoms with Crippen molar-refractivity contribution in [3.05, 3.63) is 46.7 Å². The molecule has 0 aromatic rings. The summed E-state index contributed by atoms with van der Waals surface area (Å²) in [6.45, 7) is -0.367. The van der Waals surface area contributed by atoms with E-state index in [4.69, 9.17) is 10.1 Å². The van der Waals surface area contributed by atoms with Crippen LogP contribution in [0.25, 0.3) is 0 Å². The molecular formula is C21H23NO6. The molecule has 0 spiro atoms. The van der Waals surface area contributed by atoms with Gasteiger partial charge in [0.05, 0.1) is 37.4 Å². The van der Waals surface area contributed by atoms with E-state index in [2.05, 4.69) is 0 Å². The van der Waals surface area contributed by atoms with Gasteiger partial charge < -0.3 is 25.5 Å². The first-order valence-corrected chi connectivity index (χ1v) is 9.43. The van der Waals surface area contributed by atoms with Crippen LogP contribution in [0.15, 0.2) is 46.7 Å². The highest BCUT2D eigenvalue weighted by molar-refractivity contribution is 6.05. The monoisotopic (exact) mass is 385 g/mol. The normalized spacial score (nSPS) is 34.5. The minimum atomic E-state index is -1.12. The quantitative estimate of drug-likeness (QED) is 0.551. The van der Waals surface area contributed by atoms with E-state index in [1.54, 1.807) is 18.2 Å². The van der Waals surface area contributed by atoms with E-state index in [-0.39, 0.29) is 47.7 Å². The van der Waals surface area contributed by atoms with Crippen molar-refractivity contribution in [2.45, 2.75) is 19.3 Å². The summed E-state index contributed by atoms with van der Waals surface area (Å²) >= 11 is 0. The minimum Gasteiger partial charge on any atom is -0.511 e. The Labute approximate surface area is 162 Å². The summed E-state index contributed by atoms with van der Waals surface area (Å²) in [5.74, 6) is -4.58. The molecular weight excluding hydrogens is 362 g/mol. The first-order valence-electron chi connectivity index (χ1n) is 9.43. The van der Waals surface area contributed by atoms with Gasteiger partial charge in [0.25, 0.3) is 0 Å². The van der Waals surface area contributed by atoms with Crippen LogP contribution in [0.3, 0.4) is 0 Å². The maximum atomic E-state index is 13.3. The second-order valence-corrected chi connectivity index (χ2v) is 7.77. The second kappa shape index (κ2) is 6.74. The fraction of sp³-hybridized carbons (Fsp3) is 0.476. The van der Waals surface area contributed by atoms with Gasteiger partial charge in [0.1, 0.15) is 17.3 Å². The largest absolute Gasteiger partial charge is 0.511 e. The Hall–Kier alpha value is -2.67. The smallest absolute Gasteiger partial charge is 0.156 e. The second-order valence-electron chi connectivity index (χ2n) is 7.77. The molecule has 4 rings (SSSR count). The van der Waals surface area contributed by atoms with Gasteiger partial charge in [-0.15, -0.1) is 0 Å². The molecule has 7 heteroatoms. The van der Waals surface area contributed by atoms with Gasteiger partial charge in [-0.05, 0) is 36.5 Å². The zero-order chi connectivity index (χ0) is 20.2. The SMILES string of the molecule is COC1=CC=CC2C(=O)C3C(O)=C4CC(C(=N)CO)CCC4=C(O)C3C(=O)C12. The van der Waals surface area contributed by atoms with E-state index in [1.165, 1.54) is 7.11 Å². The van der Waals surface area contributed by atoms with Crippen LogP contribution < -0.4 is 0 Å². The van der Waals surface area contributed by atoms with Crippen molar-refractivity contribution in [3.8, 4) is 0 Å². The number of carbonyl (C=O) groups is 2. The van der Waals surface area contributed by atoms with Crippen LogP contribution in [0.1, 0.15) is 19.3 Å². The van der Waals surface area contributed by atoms with Gasteiger partial charge in [-0.25, -0.2) is 0 Å². The number of hydrogen-bond acceptors (Lipinski definition) is 7. The number of aliphatic hydroxyl groups is 3. The standard InChI is InChI=1S/C21H23NO6/c1-28-14-4-2-3-11-15(14)21(27)17-16(19(11)25)20(26)12-7-9(13(22)8-23)5-6-10(12)18(17)24/h2-4,9,11,15-17,22-24,26H,5-8H2,1H3. The van der Waals surface area contributed by atoms with Crippen molar-refractivity contribution in [1.29, 1.82) is 5.41 Å². The van der Waals surface area contributed by atoms with Crippen LogP contribution in [0.4, 0.5) is 0 Å². The van der Waals surface area contributed by atoms with Gasteiger partial charge in [-0.2, -0.15) is 0 Å². The summed E-state index contributed by atoms with van der Waals surface area (Å²) in [4.78, 5) is 26.5. The van der Waals surface area contributed by atoms with Crippen LogP contribution in [-0.2, 0) is 14.3 Å². The number of rotatable bonds is 3. The molecule has 28 heavy (non-hydrogen) atoms. The van der Waals surface area contributed by atoms with Gasteiger partial charge in [0, 0.05) is 11.6 Å². The zero-order valence-electron chi connectivity index (χ0n) is 15.5. The molecule has 5 atom stereocenters. The van der Waals surface area contributed by atoms with Gasteiger partial charge in [0.2, 0.25) is 0 Å². The third kappa shape index (κ3) is 2.49. The molecule has 2 saturated carbocycles. The first-order chi connectivity index (χ1) is 13.4. The molecule has 7 nitrogen and oxygen atoms in total. The molecule has 0 heterocycles. The summed E-state index contributed by atoms with van der Waals surface area (Å²) in [6, 6.07) is 0. The lowest BCUT2D eigenvalue weighted by atomic mass is 9.59. The van der Waals surface area contributed by atoms with E-state index < -0.39 is 23.7 Å².